The highest BCUT2D eigenvalue weighted by Gasteiger charge is 2.38. The van der Waals surface area contributed by atoms with Crippen molar-refractivity contribution in [3.63, 3.8) is 0 Å². The number of fused-ring (bicyclic) bond motifs is 1. The Bertz CT molecular complexity index is 1510. The molecule has 0 amide bonds. The summed E-state index contributed by atoms with van der Waals surface area (Å²) in [4.78, 5) is 0. The van der Waals surface area contributed by atoms with Crippen molar-refractivity contribution in [3.8, 4) is 11.4 Å². The van der Waals surface area contributed by atoms with Crippen LogP contribution in [0.25, 0.3) is 21.7 Å². The number of hydrogen-bond acceptors (Lipinski definition) is 0. The van der Waals surface area contributed by atoms with E-state index in [-0.39, 0.29) is 5.54 Å². The Labute approximate surface area is 182 Å². The number of benzene rings is 3. The van der Waals surface area contributed by atoms with Crippen LogP contribution in [0.15, 0.2) is 54.6 Å². The van der Waals surface area contributed by atoms with E-state index in [0.717, 1.165) is 13.0 Å². The first-order valence-corrected chi connectivity index (χ1v) is 11.1. The van der Waals surface area contributed by atoms with Gasteiger partial charge in [-0.25, -0.2) is 0 Å². The third-order valence-corrected chi connectivity index (χ3v) is 6.74. The van der Waals surface area contributed by atoms with Crippen molar-refractivity contribution in [2.45, 2.75) is 52.1 Å². The lowest BCUT2D eigenvalue weighted by Crippen LogP contribution is -2.49. The molecular weight excluding hydrogens is 388 g/mol. The largest absolute Gasteiger partial charge is 0.340 e. The zero-order valence-corrected chi connectivity index (χ0v) is 18.7. The van der Waals surface area contributed by atoms with Crippen LogP contribution in [0, 0.1) is 22.0 Å². The molecule has 4 aromatic rings. The zero-order valence-electron chi connectivity index (χ0n) is 18.0. The summed E-state index contributed by atoms with van der Waals surface area (Å²) in [6, 6.07) is 23.2. The number of aromatic nitrogens is 1. The monoisotopic (exact) mass is 413 g/mol. The van der Waals surface area contributed by atoms with Crippen molar-refractivity contribution >= 4 is 33.3 Å². The minimum absolute atomic E-state index is 0.0480. The van der Waals surface area contributed by atoms with Gasteiger partial charge in [0.1, 0.15) is 0 Å². The topological polar surface area (TPSA) is 7.94 Å². The van der Waals surface area contributed by atoms with Crippen LogP contribution >= 0.6 is 11.6 Å². The van der Waals surface area contributed by atoms with Crippen molar-refractivity contribution in [1.82, 2.24) is 9.14 Å². The standard InChI is InChI=1S/C27H26ClN2/c1-5-29-24-11-7-9-19-8-6-10-21(25(19)24)26(29)20-12-13-23-22(16-20)18(2)17-27(3,4)30(23)15-14-28/h6-13,16,18H,5,17H2,1-4H3/q+1. The van der Waals surface area contributed by atoms with Crippen LogP contribution < -0.4 is 9.93 Å². The number of nitrogens with zero attached hydrogens (tertiary/aromatic N) is 2. The Morgan fingerprint density at radius 2 is 1.90 bits per heavy atom. The molecule has 0 aliphatic carbocycles. The normalized spacial score (nSPS) is 19.0. The predicted octanol–water partition coefficient (Wildman–Crippen LogP) is 5.75. The summed E-state index contributed by atoms with van der Waals surface area (Å²) in [5, 5.41) is 10.3. The minimum Gasteiger partial charge on any atom is -0.340 e. The molecule has 1 aromatic heterocycles. The Hall–Kier alpha value is -2.76. The molecule has 30 heavy (non-hydrogen) atoms. The first-order chi connectivity index (χ1) is 14.5. The van der Waals surface area contributed by atoms with Gasteiger partial charge >= 0.3 is 0 Å². The van der Waals surface area contributed by atoms with E-state index < -0.39 is 0 Å². The van der Waals surface area contributed by atoms with Crippen LogP contribution in [0.3, 0.4) is 0 Å². The van der Waals surface area contributed by atoms with Gasteiger partial charge in [-0.3, -0.25) is 0 Å². The van der Waals surface area contributed by atoms with Crippen molar-refractivity contribution < 1.29 is 0 Å². The van der Waals surface area contributed by atoms with E-state index in [4.69, 9.17) is 11.6 Å². The molecule has 0 bridgehead atoms. The molecule has 1 aliphatic heterocycles. The molecule has 5 rings (SSSR count). The SMILES string of the molecule is CCn1c(=c2ccc3c(c2)C(C)CC(C)(C)[N+]=3C#CCl)c2cccc3cccc1c32. The first-order valence-electron chi connectivity index (χ1n) is 10.7. The average Bonchev–Trinajstić information content (AvgIpc) is 3.06. The molecule has 150 valence electrons. The molecule has 0 N–H and O–H groups in total. The van der Waals surface area contributed by atoms with Gasteiger partial charge in [0.25, 0.3) is 0 Å². The van der Waals surface area contributed by atoms with Crippen molar-refractivity contribution in [1.29, 1.82) is 0 Å². The van der Waals surface area contributed by atoms with Gasteiger partial charge in [0.15, 0.2) is 5.54 Å². The van der Waals surface area contributed by atoms with E-state index >= 15 is 0 Å². The molecule has 1 unspecified atom stereocenters. The molecule has 0 spiro atoms. The zero-order chi connectivity index (χ0) is 21.0. The van der Waals surface area contributed by atoms with Gasteiger partial charge in [0.05, 0.1) is 10.7 Å². The summed E-state index contributed by atoms with van der Waals surface area (Å²) < 4.78 is 4.60. The summed E-state index contributed by atoms with van der Waals surface area (Å²) in [7, 11) is 0. The molecule has 2 heterocycles. The highest BCUT2D eigenvalue weighted by Crippen LogP contribution is 2.32. The Morgan fingerprint density at radius 3 is 2.63 bits per heavy atom. The van der Waals surface area contributed by atoms with Gasteiger partial charge in [-0.05, 0) is 53.2 Å². The van der Waals surface area contributed by atoms with Crippen LogP contribution in [0.5, 0.6) is 0 Å². The third-order valence-electron chi connectivity index (χ3n) is 6.65. The molecule has 3 heteroatoms. The van der Waals surface area contributed by atoms with Crippen molar-refractivity contribution in [2.75, 3.05) is 0 Å². The van der Waals surface area contributed by atoms with Crippen LogP contribution in [-0.4, -0.2) is 10.1 Å². The number of aryl methyl sites for hydroxylation is 1. The highest BCUT2D eigenvalue weighted by atomic mass is 35.5. The van der Waals surface area contributed by atoms with Gasteiger partial charge in [-0.1, -0.05) is 37.3 Å². The maximum absolute atomic E-state index is 5.82. The first kappa shape index (κ1) is 19.2. The van der Waals surface area contributed by atoms with Gasteiger partial charge in [0, 0.05) is 54.7 Å². The lowest BCUT2D eigenvalue weighted by Gasteiger charge is -2.27. The predicted molar refractivity (Wildman–Crippen MR) is 126 cm³/mol. The fourth-order valence-corrected chi connectivity index (χ4v) is 5.56. The average molecular weight is 414 g/mol. The second-order valence-corrected chi connectivity index (χ2v) is 9.20. The lowest BCUT2D eigenvalue weighted by atomic mass is 9.83. The molecule has 1 atom stereocenters. The van der Waals surface area contributed by atoms with Crippen molar-refractivity contribution in [2.24, 2.45) is 0 Å². The van der Waals surface area contributed by atoms with E-state index in [1.54, 1.807) is 0 Å². The van der Waals surface area contributed by atoms with Gasteiger partial charge in [-0.2, -0.15) is 0 Å². The lowest BCUT2D eigenvalue weighted by molar-refractivity contribution is 0.319. The second kappa shape index (κ2) is 6.89. The second-order valence-electron chi connectivity index (χ2n) is 9.01. The fourth-order valence-electron chi connectivity index (χ4n) is 5.48. The molecule has 0 saturated carbocycles. The maximum atomic E-state index is 5.82. The summed E-state index contributed by atoms with van der Waals surface area (Å²) in [5.74, 6) is 0.457. The Kier molecular flexibility index (Phi) is 4.42. The molecule has 1 aliphatic rings. The molecular formula is C27H26ClN2+. The van der Waals surface area contributed by atoms with Crippen LogP contribution in [0.4, 0.5) is 0 Å². The van der Waals surface area contributed by atoms with E-state index in [1.807, 2.05) is 0 Å². The Balaban J connectivity index is 2.00. The summed E-state index contributed by atoms with van der Waals surface area (Å²) >= 11 is 5.82. The molecule has 0 fully saturated rings. The van der Waals surface area contributed by atoms with Gasteiger partial charge in [-0.15, -0.1) is 4.58 Å². The third kappa shape index (κ3) is 2.69. The van der Waals surface area contributed by atoms with E-state index in [1.165, 1.54) is 43.2 Å². The van der Waals surface area contributed by atoms with Crippen molar-refractivity contribution in [3.05, 3.63) is 76.1 Å². The smallest absolute Gasteiger partial charge is 0.241 e. The Morgan fingerprint density at radius 1 is 1.13 bits per heavy atom. The molecule has 2 nitrogen and oxygen atoms in total. The number of halogens is 1. The van der Waals surface area contributed by atoms with E-state index in [0.29, 0.717) is 5.92 Å². The van der Waals surface area contributed by atoms with Gasteiger partial charge in [0.2, 0.25) is 11.4 Å². The molecule has 0 saturated heterocycles. The minimum atomic E-state index is -0.0480. The summed E-state index contributed by atoms with van der Waals surface area (Å²) in [5.41, 5.74) is 2.60. The number of hydrogen-bond donors (Lipinski definition) is 0. The van der Waals surface area contributed by atoms with Crippen LogP contribution in [0.1, 0.15) is 45.6 Å². The molecule has 3 aromatic carbocycles. The van der Waals surface area contributed by atoms with E-state index in [2.05, 4.69) is 103 Å². The maximum Gasteiger partial charge on any atom is 0.241 e. The summed E-state index contributed by atoms with van der Waals surface area (Å²) in [6.45, 7) is 9.97. The highest BCUT2D eigenvalue weighted by molar-refractivity contribution is 6.30. The van der Waals surface area contributed by atoms with E-state index in [9.17, 15) is 0 Å². The van der Waals surface area contributed by atoms with Crippen LogP contribution in [-0.2, 0) is 6.54 Å². The van der Waals surface area contributed by atoms with Crippen LogP contribution in [0.2, 0.25) is 0 Å². The summed E-state index contributed by atoms with van der Waals surface area (Å²) in [6.07, 6.45) is 1.04. The number of rotatable bonds is 1. The van der Waals surface area contributed by atoms with Gasteiger partial charge < -0.3 is 4.57 Å². The molecule has 0 radical (unpaired) electrons. The fraction of sp³-hybridized carbons (Fsp3) is 0.296. The quantitative estimate of drug-likeness (QED) is 0.277.